The molecular formula is C14H28NaO6P. The topological polar surface area (TPSA) is 104 Å². The molecule has 0 aliphatic heterocycles. The Morgan fingerprint density at radius 1 is 1.18 bits per heavy atom. The van der Waals surface area contributed by atoms with Crippen LogP contribution in [-0.4, -0.2) is 55.2 Å². The molecule has 0 radical (unpaired) electrons. The zero-order chi connectivity index (χ0) is 17.6. The van der Waals surface area contributed by atoms with Crippen molar-refractivity contribution >= 4 is 41.7 Å². The summed E-state index contributed by atoms with van der Waals surface area (Å²) >= 11 is 1.26. The fourth-order valence-electron chi connectivity index (χ4n) is 1.78. The predicted octanol–water partition coefficient (Wildman–Crippen LogP) is 2.88. The maximum Gasteiger partial charge on any atom is 0.466 e. The molecule has 8 heteroatoms. The number of unbranched alkanes of at least 4 members (excludes halogenated alkanes) is 3. The number of phosphoric acid groups is 1. The summed E-state index contributed by atoms with van der Waals surface area (Å²) < 4.78 is 14.8. The van der Waals surface area contributed by atoms with Crippen molar-refractivity contribution in [3.8, 4) is 0 Å². The van der Waals surface area contributed by atoms with E-state index in [4.69, 9.17) is 24.0 Å². The quantitative estimate of drug-likeness (QED) is 0.185. The van der Waals surface area contributed by atoms with E-state index in [0.29, 0.717) is 12.2 Å². The summed E-state index contributed by atoms with van der Waals surface area (Å²) in [5.41, 5.74) is 0.493. The van der Waals surface area contributed by atoms with Crippen LogP contribution in [0.25, 0.3) is 0 Å². The minimum absolute atomic E-state index is 0.252. The van der Waals surface area contributed by atoms with Crippen molar-refractivity contribution in [1.29, 1.82) is 0 Å². The van der Waals surface area contributed by atoms with Crippen molar-refractivity contribution in [3.05, 3.63) is 12.2 Å². The van der Waals surface area contributed by atoms with Crippen molar-refractivity contribution in [3.63, 3.8) is 0 Å². The van der Waals surface area contributed by atoms with Gasteiger partial charge in [0.15, 0.2) is 0 Å². The monoisotopic (exact) mass is 346 g/mol. The van der Waals surface area contributed by atoms with Crippen molar-refractivity contribution < 1.29 is 28.8 Å². The smallest absolute Gasteiger partial charge is 0.303 e. The average Bonchev–Trinajstić information content (AvgIpc) is 2.37. The molecule has 0 saturated carbocycles. The van der Waals surface area contributed by atoms with Gasteiger partial charge in [0, 0.05) is 0 Å². The Morgan fingerprint density at radius 3 is 2.14 bits per heavy atom. The molecule has 0 bridgehead atoms. The maximum atomic E-state index is 11.1. The van der Waals surface area contributed by atoms with Gasteiger partial charge in [0.25, 0.3) is 0 Å². The first-order valence-electron chi connectivity index (χ1n) is 7.68. The van der Waals surface area contributed by atoms with E-state index in [0.717, 1.165) is 9.59 Å². The molecule has 0 rings (SSSR count). The molecule has 0 fully saturated rings. The molecule has 1 unspecified atom stereocenters. The molecule has 6 nitrogen and oxygen atoms in total. The van der Waals surface area contributed by atoms with E-state index < -0.39 is 7.82 Å². The largest absolute Gasteiger partial charge is 0.466 e. The molecule has 0 aliphatic carbocycles. The van der Waals surface area contributed by atoms with E-state index in [-0.39, 0.29) is 5.97 Å². The van der Waals surface area contributed by atoms with Gasteiger partial charge in [-0.05, 0) is 0 Å². The molecule has 0 aromatic heterocycles. The van der Waals surface area contributed by atoms with Gasteiger partial charge < -0.3 is 14.7 Å². The summed E-state index contributed by atoms with van der Waals surface area (Å²) in [6.45, 7) is 8.04. The Kier molecular flexibility index (Phi) is 16.6. The summed E-state index contributed by atoms with van der Waals surface area (Å²) in [6.07, 6.45) is 8.99. The van der Waals surface area contributed by atoms with Crippen LogP contribution < -0.4 is 0 Å². The minimum atomic E-state index is -4.64. The normalized spacial score (nSPS) is 12.1. The van der Waals surface area contributed by atoms with Crippen LogP contribution >= 0.6 is 7.82 Å². The molecule has 0 aliphatic rings. The first-order valence-corrected chi connectivity index (χ1v) is 10.4. The molecule has 0 saturated heterocycles. The number of esters is 1. The van der Waals surface area contributed by atoms with E-state index in [1.165, 1.54) is 66.5 Å². The fraction of sp³-hybridized carbons (Fsp3) is 0.786. The van der Waals surface area contributed by atoms with E-state index in [1.807, 2.05) is 0 Å². The molecule has 0 aromatic rings. The van der Waals surface area contributed by atoms with Gasteiger partial charge >= 0.3 is 132 Å². The minimum Gasteiger partial charge on any atom is -0.303 e. The van der Waals surface area contributed by atoms with Crippen LogP contribution in [0.3, 0.4) is 0 Å². The fourth-order valence-corrected chi connectivity index (χ4v) is 2.60. The zero-order valence-electron chi connectivity index (χ0n) is 14.0. The average molecular weight is 346 g/mol. The van der Waals surface area contributed by atoms with Crippen LogP contribution in [0.2, 0.25) is 3.17 Å². The summed E-state index contributed by atoms with van der Waals surface area (Å²) in [7, 11) is -4.64. The van der Waals surface area contributed by atoms with Crippen LogP contribution in [-0.2, 0) is 14.1 Å². The Balaban J connectivity index is 0. The Labute approximate surface area is 151 Å². The predicted molar refractivity (Wildman–Crippen MR) is 87.5 cm³/mol. The van der Waals surface area contributed by atoms with Crippen LogP contribution in [0.4, 0.5) is 0 Å². The van der Waals surface area contributed by atoms with Crippen molar-refractivity contribution in [2.75, 3.05) is 6.61 Å². The van der Waals surface area contributed by atoms with E-state index in [2.05, 4.69) is 13.5 Å². The van der Waals surface area contributed by atoms with Gasteiger partial charge in [0.05, 0.1) is 0 Å². The third-order valence-electron chi connectivity index (χ3n) is 2.97. The number of hydrogen-bond donors (Lipinski definition) is 3. The van der Waals surface area contributed by atoms with Crippen LogP contribution in [0.15, 0.2) is 12.2 Å². The van der Waals surface area contributed by atoms with Crippen molar-refractivity contribution in [2.45, 2.75) is 62.0 Å². The third kappa shape index (κ3) is 25.3. The van der Waals surface area contributed by atoms with Crippen molar-refractivity contribution in [1.82, 2.24) is 0 Å². The molecule has 126 valence electrons. The van der Waals surface area contributed by atoms with Gasteiger partial charge in [-0.2, -0.15) is 0 Å². The van der Waals surface area contributed by atoms with Crippen LogP contribution in [0.1, 0.15) is 58.8 Å². The Hall–Kier alpha value is 0.320. The SMILES string of the molecule is C=C(C)C(=O)OCCC[CH]([Na])CCCCCC.O=P(O)(O)O. The number of rotatable bonds is 10. The van der Waals surface area contributed by atoms with Gasteiger partial charge in [-0.3, -0.25) is 0 Å². The van der Waals surface area contributed by atoms with Crippen LogP contribution in [0, 0.1) is 0 Å². The summed E-state index contributed by atoms with van der Waals surface area (Å²) in [5.74, 6) is -0.252. The molecule has 1 atom stereocenters. The number of hydrogen-bond acceptors (Lipinski definition) is 3. The standard InChI is InChI=1S/C14H25O2.Na.H3O4P/c1-4-5-6-7-8-9-10-11-12-16-14(15)13(2)3;;1-5(2,3)4/h9H,2,4-8,10-12H2,1,3H3;;(H3,1,2,3,4). The molecular weight excluding hydrogens is 318 g/mol. The number of carbonyl (C=O) groups excluding carboxylic acids is 1. The molecule has 0 heterocycles. The Bertz CT molecular complexity index is 347. The first-order chi connectivity index (χ1) is 10.1. The molecule has 0 amide bonds. The van der Waals surface area contributed by atoms with Gasteiger partial charge in [-0.15, -0.1) is 0 Å². The molecule has 0 aromatic carbocycles. The maximum absolute atomic E-state index is 11.1. The van der Waals surface area contributed by atoms with Gasteiger partial charge in [0.1, 0.15) is 0 Å². The summed E-state index contributed by atoms with van der Waals surface area (Å²) in [6, 6.07) is 0. The third-order valence-corrected chi connectivity index (χ3v) is 4.13. The summed E-state index contributed by atoms with van der Waals surface area (Å²) in [4.78, 5) is 32.7. The van der Waals surface area contributed by atoms with Gasteiger partial charge in [-0.25, -0.2) is 4.57 Å². The molecule has 22 heavy (non-hydrogen) atoms. The second-order valence-corrected chi connectivity index (χ2v) is 8.19. The summed E-state index contributed by atoms with van der Waals surface area (Å²) in [5, 5.41) is 0. The van der Waals surface area contributed by atoms with E-state index >= 15 is 0 Å². The number of ether oxygens (including phenoxy) is 1. The first kappa shape index (κ1) is 24.6. The van der Waals surface area contributed by atoms with E-state index in [9.17, 15) is 4.79 Å². The van der Waals surface area contributed by atoms with Crippen molar-refractivity contribution in [2.24, 2.45) is 0 Å². The second-order valence-electron chi connectivity index (χ2n) is 5.53. The molecule has 3 N–H and O–H groups in total. The zero-order valence-corrected chi connectivity index (χ0v) is 16.8. The Morgan fingerprint density at radius 2 is 1.68 bits per heavy atom. The second kappa shape index (κ2) is 14.9. The van der Waals surface area contributed by atoms with Crippen LogP contribution in [0.5, 0.6) is 0 Å². The number of carbonyl (C=O) groups is 1. The molecule has 0 spiro atoms. The van der Waals surface area contributed by atoms with E-state index in [1.54, 1.807) is 6.92 Å². The van der Waals surface area contributed by atoms with Gasteiger partial charge in [-0.1, -0.05) is 0 Å². The van der Waals surface area contributed by atoms with Gasteiger partial charge in [0.2, 0.25) is 0 Å².